The van der Waals surface area contributed by atoms with E-state index in [1.165, 1.54) is 24.8 Å². The second-order valence-electron chi connectivity index (χ2n) is 7.93. The molecule has 0 aliphatic rings. The first kappa shape index (κ1) is 21.6. The fourth-order valence-corrected chi connectivity index (χ4v) is 4.58. The van der Waals surface area contributed by atoms with Crippen LogP contribution in [0.4, 0.5) is 0 Å². The summed E-state index contributed by atoms with van der Waals surface area (Å²) < 4.78 is 28.4. The zero-order valence-electron chi connectivity index (χ0n) is 16.9. The molecule has 2 rings (SSSR count). The first-order valence-corrected chi connectivity index (χ1v) is 11.1. The molecule has 2 aromatic carbocycles. The van der Waals surface area contributed by atoms with Crippen molar-refractivity contribution in [2.45, 2.75) is 63.9 Å². The zero-order chi connectivity index (χ0) is 19.9. The van der Waals surface area contributed by atoms with Gasteiger partial charge in [0.25, 0.3) is 0 Å². The predicted octanol–water partition coefficient (Wildman–Crippen LogP) is 4.71. The van der Waals surface area contributed by atoms with Crippen molar-refractivity contribution in [1.29, 1.82) is 0 Å². The zero-order valence-corrected chi connectivity index (χ0v) is 17.7. The molecule has 0 bridgehead atoms. The highest BCUT2D eigenvalue weighted by molar-refractivity contribution is 7.89. The van der Waals surface area contributed by atoms with Crippen LogP contribution in [0.1, 0.15) is 52.5 Å². The summed E-state index contributed by atoms with van der Waals surface area (Å²) in [6, 6.07) is 15.3. The fourth-order valence-electron chi connectivity index (χ4n) is 2.93. The molecule has 0 atom stereocenters. The summed E-state index contributed by atoms with van der Waals surface area (Å²) in [6.07, 6.45) is 3.67. The number of nitrogens with one attached hydrogen (secondary N) is 2. The van der Waals surface area contributed by atoms with Gasteiger partial charge in [0.05, 0.1) is 4.90 Å². The lowest BCUT2D eigenvalue weighted by atomic mass is 10.0. The van der Waals surface area contributed by atoms with E-state index >= 15 is 0 Å². The maximum atomic E-state index is 12.8. The second-order valence-corrected chi connectivity index (χ2v) is 9.58. The molecule has 0 saturated carbocycles. The molecular formula is C22H32N2O2S. The van der Waals surface area contributed by atoms with Gasteiger partial charge in [0, 0.05) is 17.6 Å². The molecular weight excluding hydrogens is 356 g/mol. The van der Waals surface area contributed by atoms with Crippen LogP contribution in [-0.2, 0) is 16.6 Å². The van der Waals surface area contributed by atoms with Gasteiger partial charge in [0.15, 0.2) is 0 Å². The van der Waals surface area contributed by atoms with Crippen molar-refractivity contribution in [1.82, 2.24) is 10.0 Å². The molecule has 27 heavy (non-hydrogen) atoms. The largest absolute Gasteiger partial charge is 0.313 e. The molecule has 0 aliphatic heterocycles. The number of sulfonamides is 1. The van der Waals surface area contributed by atoms with Crippen LogP contribution in [0.25, 0.3) is 11.1 Å². The van der Waals surface area contributed by atoms with Gasteiger partial charge >= 0.3 is 0 Å². The van der Waals surface area contributed by atoms with Crippen molar-refractivity contribution in [2.24, 2.45) is 0 Å². The smallest absolute Gasteiger partial charge is 0.241 e. The third-order valence-corrected chi connectivity index (χ3v) is 5.98. The number of rotatable bonds is 9. The monoisotopic (exact) mass is 388 g/mol. The highest BCUT2D eigenvalue weighted by Crippen LogP contribution is 2.28. The lowest BCUT2D eigenvalue weighted by Gasteiger charge is -2.21. The van der Waals surface area contributed by atoms with Gasteiger partial charge in [0.1, 0.15) is 0 Å². The summed E-state index contributed by atoms with van der Waals surface area (Å²) in [7, 11) is -3.59. The van der Waals surface area contributed by atoms with Gasteiger partial charge < -0.3 is 5.32 Å². The van der Waals surface area contributed by atoms with Crippen molar-refractivity contribution in [3.8, 4) is 11.1 Å². The van der Waals surface area contributed by atoms with Gasteiger partial charge in [-0.1, -0.05) is 62.2 Å². The van der Waals surface area contributed by atoms with E-state index in [-0.39, 0.29) is 0 Å². The Hall–Kier alpha value is -1.69. The average Bonchev–Trinajstić information content (AvgIpc) is 2.60. The van der Waals surface area contributed by atoms with Crippen LogP contribution in [0, 0.1) is 0 Å². The summed E-state index contributed by atoms with van der Waals surface area (Å²) >= 11 is 0. The van der Waals surface area contributed by atoms with Crippen LogP contribution in [0.2, 0.25) is 0 Å². The predicted molar refractivity (Wildman–Crippen MR) is 113 cm³/mol. The van der Waals surface area contributed by atoms with Crippen molar-refractivity contribution in [3.05, 3.63) is 54.1 Å². The van der Waals surface area contributed by atoms with Gasteiger partial charge in [-0.3, -0.25) is 0 Å². The Bertz CT molecular complexity index is 822. The van der Waals surface area contributed by atoms with Crippen molar-refractivity contribution < 1.29 is 8.42 Å². The van der Waals surface area contributed by atoms with Crippen LogP contribution < -0.4 is 10.0 Å². The average molecular weight is 389 g/mol. The minimum atomic E-state index is -3.59. The number of hydrogen-bond acceptors (Lipinski definition) is 3. The van der Waals surface area contributed by atoms with Crippen molar-refractivity contribution in [3.63, 3.8) is 0 Å². The van der Waals surface area contributed by atoms with Gasteiger partial charge in [-0.2, -0.15) is 0 Å². The summed E-state index contributed by atoms with van der Waals surface area (Å²) in [5.41, 5.74) is 2.29. The highest BCUT2D eigenvalue weighted by atomic mass is 32.2. The number of unbranched alkanes of at least 4 members (excludes halogenated alkanes) is 2. The summed E-state index contributed by atoms with van der Waals surface area (Å²) in [6.45, 7) is 9.58. The SMILES string of the molecule is CCCCCNCc1ccc(-c2ccccc2S(=O)(=O)NC(C)(C)C)cc1. The van der Waals surface area contributed by atoms with Crippen molar-refractivity contribution >= 4 is 10.0 Å². The minimum absolute atomic E-state index is 0.311. The van der Waals surface area contributed by atoms with Crippen LogP contribution in [0.3, 0.4) is 0 Å². The van der Waals surface area contributed by atoms with E-state index < -0.39 is 15.6 Å². The van der Waals surface area contributed by atoms with E-state index in [9.17, 15) is 8.42 Å². The van der Waals surface area contributed by atoms with Crippen LogP contribution in [0.5, 0.6) is 0 Å². The first-order chi connectivity index (χ1) is 12.7. The molecule has 0 saturated heterocycles. The summed E-state index contributed by atoms with van der Waals surface area (Å²) in [5, 5.41) is 3.45. The lowest BCUT2D eigenvalue weighted by molar-refractivity contribution is 0.491. The highest BCUT2D eigenvalue weighted by Gasteiger charge is 2.24. The Balaban J connectivity index is 2.17. The minimum Gasteiger partial charge on any atom is -0.313 e. The molecule has 0 radical (unpaired) electrons. The maximum Gasteiger partial charge on any atom is 0.241 e. The van der Waals surface area contributed by atoms with E-state index in [2.05, 4.69) is 29.1 Å². The summed E-state index contributed by atoms with van der Waals surface area (Å²) in [5.74, 6) is 0. The fraction of sp³-hybridized carbons (Fsp3) is 0.455. The topological polar surface area (TPSA) is 58.2 Å². The molecule has 0 aromatic heterocycles. The Morgan fingerprint density at radius 1 is 0.926 bits per heavy atom. The number of benzene rings is 2. The second kappa shape index (κ2) is 9.49. The van der Waals surface area contributed by atoms with E-state index in [1.807, 2.05) is 45.0 Å². The first-order valence-electron chi connectivity index (χ1n) is 9.66. The number of hydrogen-bond donors (Lipinski definition) is 2. The van der Waals surface area contributed by atoms with E-state index in [0.717, 1.165) is 24.2 Å². The molecule has 0 heterocycles. The van der Waals surface area contributed by atoms with Gasteiger partial charge in [-0.05, 0) is 50.9 Å². The molecule has 2 N–H and O–H groups in total. The molecule has 5 heteroatoms. The van der Waals surface area contributed by atoms with Gasteiger partial charge in [0.2, 0.25) is 10.0 Å². The lowest BCUT2D eigenvalue weighted by Crippen LogP contribution is -2.40. The van der Waals surface area contributed by atoms with E-state index in [1.54, 1.807) is 12.1 Å². The molecule has 2 aromatic rings. The van der Waals surface area contributed by atoms with E-state index in [4.69, 9.17) is 0 Å². The van der Waals surface area contributed by atoms with Crippen LogP contribution in [0.15, 0.2) is 53.4 Å². The molecule has 0 aliphatic carbocycles. The Kier molecular flexibility index (Phi) is 7.59. The third kappa shape index (κ3) is 6.76. The van der Waals surface area contributed by atoms with Crippen LogP contribution in [-0.4, -0.2) is 20.5 Å². The summed E-state index contributed by atoms with van der Waals surface area (Å²) in [4.78, 5) is 0.311. The van der Waals surface area contributed by atoms with Crippen LogP contribution >= 0.6 is 0 Å². The van der Waals surface area contributed by atoms with E-state index in [0.29, 0.717) is 4.90 Å². The Morgan fingerprint density at radius 3 is 2.22 bits per heavy atom. The molecule has 4 nitrogen and oxygen atoms in total. The van der Waals surface area contributed by atoms with Gasteiger partial charge in [-0.25, -0.2) is 13.1 Å². The third-order valence-electron chi connectivity index (χ3n) is 4.17. The quantitative estimate of drug-likeness (QED) is 0.612. The standard InChI is InChI=1S/C22H32N2O2S/c1-5-6-9-16-23-17-18-12-14-19(15-13-18)20-10-7-8-11-21(20)27(25,26)24-22(2,3)4/h7-8,10-15,23-24H,5-6,9,16-17H2,1-4H3. The van der Waals surface area contributed by atoms with Crippen molar-refractivity contribution in [2.75, 3.05) is 6.54 Å². The maximum absolute atomic E-state index is 12.8. The Morgan fingerprint density at radius 2 is 1.59 bits per heavy atom. The Labute approximate surface area is 164 Å². The molecule has 148 valence electrons. The molecule has 0 unspecified atom stereocenters. The molecule has 0 fully saturated rings. The molecule has 0 spiro atoms. The normalized spacial score (nSPS) is 12.3. The van der Waals surface area contributed by atoms with Gasteiger partial charge in [-0.15, -0.1) is 0 Å². The molecule has 0 amide bonds.